The summed E-state index contributed by atoms with van der Waals surface area (Å²) < 4.78 is 2.07. The normalized spacial score (nSPS) is 14.2. The predicted octanol–water partition coefficient (Wildman–Crippen LogP) is 3.23. The van der Waals surface area contributed by atoms with Crippen molar-refractivity contribution in [3.8, 4) is 0 Å². The third-order valence-corrected chi connectivity index (χ3v) is 3.89. The number of benzene rings is 1. The molecular formula is C17H25N3. The van der Waals surface area contributed by atoms with Crippen LogP contribution < -0.4 is 5.32 Å². The molecule has 2 unspecified atom stereocenters. The number of hydrogen-bond donors (Lipinski definition) is 1. The van der Waals surface area contributed by atoms with E-state index < -0.39 is 0 Å². The molecule has 108 valence electrons. The highest BCUT2D eigenvalue weighted by atomic mass is 15.3. The molecule has 0 saturated heterocycles. The molecule has 1 heterocycles. The molecule has 0 fully saturated rings. The Hall–Kier alpha value is -1.61. The molecule has 2 aromatic rings. The van der Waals surface area contributed by atoms with Gasteiger partial charge in [-0.05, 0) is 38.4 Å². The van der Waals surface area contributed by atoms with Gasteiger partial charge in [0.15, 0.2) is 0 Å². The average molecular weight is 271 g/mol. The second-order valence-electron chi connectivity index (χ2n) is 5.42. The first-order valence-corrected chi connectivity index (χ1v) is 7.48. The van der Waals surface area contributed by atoms with Gasteiger partial charge in [-0.15, -0.1) is 0 Å². The maximum absolute atomic E-state index is 4.69. The fraction of sp³-hybridized carbons (Fsp3) is 0.471. The van der Waals surface area contributed by atoms with E-state index in [0.717, 1.165) is 19.3 Å². The lowest BCUT2D eigenvalue weighted by molar-refractivity contribution is 0.467. The standard InChI is InChI=1S/C17H25N3/c1-4-14(2)20-11-10-16(19-20)13-17(18-3)12-15-8-6-5-7-9-15/h5-11,14,17-18H,4,12-13H2,1-3H3. The van der Waals surface area contributed by atoms with E-state index in [1.54, 1.807) is 0 Å². The van der Waals surface area contributed by atoms with Crippen LogP contribution in [0.5, 0.6) is 0 Å². The zero-order valence-corrected chi connectivity index (χ0v) is 12.7. The quantitative estimate of drug-likeness (QED) is 0.838. The lowest BCUT2D eigenvalue weighted by atomic mass is 10.0. The van der Waals surface area contributed by atoms with Gasteiger partial charge in [-0.25, -0.2) is 0 Å². The molecule has 0 amide bonds. The second-order valence-corrected chi connectivity index (χ2v) is 5.42. The van der Waals surface area contributed by atoms with E-state index in [4.69, 9.17) is 0 Å². The Bertz CT molecular complexity index is 504. The topological polar surface area (TPSA) is 29.9 Å². The van der Waals surface area contributed by atoms with Gasteiger partial charge < -0.3 is 5.32 Å². The average Bonchev–Trinajstić information content (AvgIpc) is 2.95. The van der Waals surface area contributed by atoms with E-state index in [1.807, 2.05) is 7.05 Å². The van der Waals surface area contributed by atoms with Crippen LogP contribution in [0.25, 0.3) is 0 Å². The summed E-state index contributed by atoms with van der Waals surface area (Å²) in [6, 6.07) is 13.7. The van der Waals surface area contributed by atoms with Gasteiger partial charge in [0, 0.05) is 24.7 Å². The zero-order valence-electron chi connectivity index (χ0n) is 12.7. The molecular weight excluding hydrogens is 246 g/mol. The van der Waals surface area contributed by atoms with Crippen molar-refractivity contribution in [2.75, 3.05) is 7.05 Å². The first kappa shape index (κ1) is 14.8. The number of nitrogens with one attached hydrogen (secondary N) is 1. The number of nitrogens with zero attached hydrogens (tertiary/aromatic N) is 2. The van der Waals surface area contributed by atoms with Crippen LogP contribution in [0.1, 0.15) is 37.6 Å². The number of rotatable bonds is 7. The van der Waals surface area contributed by atoms with Crippen LogP contribution in [0, 0.1) is 0 Å². The van der Waals surface area contributed by atoms with Crippen molar-refractivity contribution in [2.24, 2.45) is 0 Å². The summed E-state index contributed by atoms with van der Waals surface area (Å²) in [6.07, 6.45) is 5.21. The van der Waals surface area contributed by atoms with E-state index in [2.05, 4.69) is 71.5 Å². The Labute approximate surface area is 122 Å². The van der Waals surface area contributed by atoms with Gasteiger partial charge in [0.1, 0.15) is 0 Å². The minimum atomic E-state index is 0.428. The summed E-state index contributed by atoms with van der Waals surface area (Å²) in [6.45, 7) is 4.40. The molecule has 1 aromatic heterocycles. The third-order valence-electron chi connectivity index (χ3n) is 3.89. The van der Waals surface area contributed by atoms with Gasteiger partial charge in [0.05, 0.1) is 5.69 Å². The Morgan fingerprint density at radius 1 is 1.15 bits per heavy atom. The summed E-state index contributed by atoms with van der Waals surface area (Å²) >= 11 is 0. The van der Waals surface area contributed by atoms with Gasteiger partial charge in [0.2, 0.25) is 0 Å². The summed E-state index contributed by atoms with van der Waals surface area (Å²) in [4.78, 5) is 0. The highest BCUT2D eigenvalue weighted by Crippen LogP contribution is 2.12. The van der Waals surface area contributed by atoms with E-state index >= 15 is 0 Å². The molecule has 1 N–H and O–H groups in total. The van der Waals surface area contributed by atoms with Crippen LogP contribution in [-0.4, -0.2) is 22.9 Å². The van der Waals surface area contributed by atoms with Crippen LogP contribution in [0.2, 0.25) is 0 Å². The van der Waals surface area contributed by atoms with Crippen LogP contribution in [0.4, 0.5) is 0 Å². The maximum atomic E-state index is 4.69. The van der Waals surface area contributed by atoms with Crippen molar-refractivity contribution >= 4 is 0 Å². The van der Waals surface area contributed by atoms with Crippen molar-refractivity contribution < 1.29 is 0 Å². The molecule has 0 aliphatic carbocycles. The molecule has 20 heavy (non-hydrogen) atoms. The minimum Gasteiger partial charge on any atom is -0.316 e. The van der Waals surface area contributed by atoms with Gasteiger partial charge in [-0.3, -0.25) is 4.68 Å². The van der Waals surface area contributed by atoms with Gasteiger partial charge in [-0.1, -0.05) is 37.3 Å². The molecule has 2 atom stereocenters. The van der Waals surface area contributed by atoms with E-state index in [0.29, 0.717) is 12.1 Å². The first-order valence-electron chi connectivity index (χ1n) is 7.48. The summed E-state index contributed by atoms with van der Waals surface area (Å²) in [5.74, 6) is 0. The molecule has 3 heteroatoms. The van der Waals surface area contributed by atoms with Crippen LogP contribution in [-0.2, 0) is 12.8 Å². The minimum absolute atomic E-state index is 0.428. The Morgan fingerprint density at radius 3 is 2.55 bits per heavy atom. The highest BCUT2D eigenvalue weighted by molar-refractivity contribution is 5.16. The number of aromatic nitrogens is 2. The SMILES string of the molecule is CCC(C)n1ccc(CC(Cc2ccccc2)NC)n1. The summed E-state index contributed by atoms with van der Waals surface area (Å²) in [5.41, 5.74) is 2.54. The Morgan fingerprint density at radius 2 is 1.90 bits per heavy atom. The van der Waals surface area contributed by atoms with Gasteiger partial charge in [-0.2, -0.15) is 5.10 Å². The molecule has 3 nitrogen and oxygen atoms in total. The largest absolute Gasteiger partial charge is 0.316 e. The number of hydrogen-bond acceptors (Lipinski definition) is 2. The second kappa shape index (κ2) is 7.25. The smallest absolute Gasteiger partial charge is 0.0640 e. The molecule has 0 spiro atoms. The van der Waals surface area contributed by atoms with Crippen LogP contribution >= 0.6 is 0 Å². The first-order chi connectivity index (χ1) is 9.72. The molecule has 0 saturated carbocycles. The van der Waals surface area contributed by atoms with Crippen molar-refractivity contribution in [1.29, 1.82) is 0 Å². The third kappa shape index (κ3) is 3.94. The summed E-state index contributed by atoms with van der Waals surface area (Å²) in [5, 5.41) is 8.09. The van der Waals surface area contributed by atoms with Crippen LogP contribution in [0.15, 0.2) is 42.6 Å². The van der Waals surface area contributed by atoms with Gasteiger partial charge >= 0.3 is 0 Å². The lowest BCUT2D eigenvalue weighted by Gasteiger charge is -2.15. The molecule has 1 aromatic carbocycles. The van der Waals surface area contributed by atoms with Crippen molar-refractivity contribution in [3.63, 3.8) is 0 Å². The van der Waals surface area contributed by atoms with Crippen molar-refractivity contribution in [1.82, 2.24) is 15.1 Å². The van der Waals surface area contributed by atoms with E-state index in [9.17, 15) is 0 Å². The monoisotopic (exact) mass is 271 g/mol. The molecule has 2 rings (SSSR count). The summed E-state index contributed by atoms with van der Waals surface area (Å²) in [7, 11) is 2.03. The number of likely N-dealkylation sites (N-methyl/N-ethyl adjacent to an activating group) is 1. The highest BCUT2D eigenvalue weighted by Gasteiger charge is 2.11. The lowest BCUT2D eigenvalue weighted by Crippen LogP contribution is -2.30. The van der Waals surface area contributed by atoms with E-state index in [1.165, 1.54) is 11.3 Å². The molecule has 0 radical (unpaired) electrons. The van der Waals surface area contributed by atoms with Crippen molar-refractivity contribution in [3.05, 3.63) is 53.9 Å². The Balaban J connectivity index is 1.98. The van der Waals surface area contributed by atoms with Crippen molar-refractivity contribution in [2.45, 2.75) is 45.2 Å². The fourth-order valence-corrected chi connectivity index (χ4v) is 2.35. The van der Waals surface area contributed by atoms with Gasteiger partial charge in [0.25, 0.3) is 0 Å². The zero-order chi connectivity index (χ0) is 14.4. The molecule has 0 aliphatic heterocycles. The van der Waals surface area contributed by atoms with Crippen LogP contribution in [0.3, 0.4) is 0 Å². The van der Waals surface area contributed by atoms with E-state index in [-0.39, 0.29) is 0 Å². The maximum Gasteiger partial charge on any atom is 0.0640 e. The molecule has 0 bridgehead atoms. The predicted molar refractivity (Wildman–Crippen MR) is 83.9 cm³/mol. The Kier molecular flexibility index (Phi) is 5.36. The fourth-order valence-electron chi connectivity index (χ4n) is 2.35. The molecule has 0 aliphatic rings.